The van der Waals surface area contributed by atoms with Crippen molar-refractivity contribution in [2.24, 2.45) is 0 Å². The summed E-state index contributed by atoms with van der Waals surface area (Å²) in [6, 6.07) is 10.9. The second-order valence-corrected chi connectivity index (χ2v) is 10.7. The minimum atomic E-state index is -0.988. The number of carbonyl (C=O) groups excluding carboxylic acids is 1. The molecule has 1 heterocycles. The number of alkyl carbamates (subject to hydrolysis) is 1. The molecule has 2 rings (SSSR count). The third-order valence-corrected chi connectivity index (χ3v) is 6.40. The van der Waals surface area contributed by atoms with Gasteiger partial charge in [0.05, 0.1) is 6.04 Å². The van der Waals surface area contributed by atoms with E-state index in [0.29, 0.717) is 6.42 Å². The lowest BCUT2D eigenvalue weighted by atomic mass is 9.99. The molecular weight excluding hydrogens is 492 g/mol. The smallest absolute Gasteiger partial charge is 0.408 e. The van der Waals surface area contributed by atoms with Crippen molar-refractivity contribution < 1.29 is 19.4 Å². The summed E-state index contributed by atoms with van der Waals surface area (Å²) in [4.78, 5) is 27.2. The van der Waals surface area contributed by atoms with Crippen molar-refractivity contribution in [3.8, 4) is 0 Å². The van der Waals surface area contributed by atoms with E-state index in [1.165, 1.54) is 16.2 Å². The van der Waals surface area contributed by atoms with Crippen LogP contribution in [0.5, 0.6) is 0 Å². The van der Waals surface area contributed by atoms with Crippen LogP contribution in [0.1, 0.15) is 69.9 Å². The zero-order valence-corrected chi connectivity index (χ0v) is 21.5. The maximum absolute atomic E-state index is 12.5. The number of unbranched alkanes of at least 4 members (excludes halogenated alkanes) is 1. The first kappa shape index (κ1) is 26.2. The maximum Gasteiger partial charge on any atom is 0.408 e. The van der Waals surface area contributed by atoms with Crippen LogP contribution in [0.2, 0.25) is 0 Å². The van der Waals surface area contributed by atoms with E-state index >= 15 is 0 Å². The molecule has 0 aliphatic rings. The highest BCUT2D eigenvalue weighted by atomic mass is 79.9. The molecule has 0 aliphatic heterocycles. The van der Waals surface area contributed by atoms with Crippen LogP contribution < -0.4 is 5.32 Å². The van der Waals surface area contributed by atoms with Crippen LogP contribution in [0.25, 0.3) is 0 Å². The molecule has 2 N–H and O–H groups in total. The predicted octanol–water partition coefficient (Wildman–Crippen LogP) is 7.21. The van der Waals surface area contributed by atoms with Gasteiger partial charge in [-0.1, -0.05) is 53.9 Å². The topological polar surface area (TPSA) is 78.9 Å². The monoisotopic (exact) mass is 524 g/mol. The summed E-state index contributed by atoms with van der Waals surface area (Å²) >= 11 is 4.95. The van der Waals surface area contributed by atoms with Crippen LogP contribution in [0.4, 0.5) is 9.59 Å². The van der Waals surface area contributed by atoms with Crippen molar-refractivity contribution in [1.82, 2.24) is 10.2 Å². The number of hydrogen-bond donors (Lipinski definition) is 2. The van der Waals surface area contributed by atoms with E-state index in [9.17, 15) is 14.7 Å². The Labute approximate surface area is 203 Å². The van der Waals surface area contributed by atoms with Gasteiger partial charge in [0.15, 0.2) is 0 Å². The van der Waals surface area contributed by atoms with Gasteiger partial charge in [-0.05, 0) is 62.8 Å². The Morgan fingerprint density at radius 2 is 1.91 bits per heavy atom. The molecule has 1 aromatic heterocycles. The van der Waals surface area contributed by atoms with Crippen molar-refractivity contribution in [1.29, 1.82) is 0 Å². The van der Waals surface area contributed by atoms with Crippen LogP contribution in [0, 0.1) is 0 Å². The fourth-order valence-corrected chi connectivity index (χ4v) is 4.53. The number of rotatable bonds is 10. The molecule has 0 spiro atoms. The van der Waals surface area contributed by atoms with Crippen LogP contribution in [0.3, 0.4) is 0 Å². The van der Waals surface area contributed by atoms with E-state index < -0.39 is 17.8 Å². The van der Waals surface area contributed by atoms with Gasteiger partial charge >= 0.3 is 12.2 Å². The van der Waals surface area contributed by atoms with Crippen molar-refractivity contribution in [2.75, 3.05) is 0 Å². The minimum absolute atomic E-state index is 0.205. The van der Waals surface area contributed by atoms with Crippen molar-refractivity contribution in [2.45, 2.75) is 77.6 Å². The molecule has 0 saturated heterocycles. The lowest BCUT2D eigenvalue weighted by molar-refractivity contribution is 0.0486. The first-order chi connectivity index (χ1) is 15.1. The van der Waals surface area contributed by atoms with Gasteiger partial charge in [-0.2, -0.15) is 0 Å². The maximum atomic E-state index is 12.5. The van der Waals surface area contributed by atoms with E-state index in [0.717, 1.165) is 34.2 Å². The standard InChI is InChI=1S/C24H33BrN2O4S/c1-5-6-8-19(26-22(28)31-24(2,3)4)15-20(21-9-7-14-32-21)27(23(29)30)16-17-10-12-18(25)13-11-17/h7,9-14,19-20H,5-6,8,15-16H2,1-4H3,(H,26,28)(H,29,30)/t19-,20?/m0/s1. The van der Waals surface area contributed by atoms with Gasteiger partial charge in [0, 0.05) is 21.9 Å². The molecule has 176 valence electrons. The highest BCUT2D eigenvalue weighted by Crippen LogP contribution is 2.32. The van der Waals surface area contributed by atoms with Crippen molar-refractivity contribution in [3.63, 3.8) is 0 Å². The first-order valence-electron chi connectivity index (χ1n) is 10.9. The molecule has 8 heteroatoms. The number of nitrogens with one attached hydrogen (secondary N) is 1. The van der Waals surface area contributed by atoms with Gasteiger partial charge in [0.1, 0.15) is 5.60 Å². The highest BCUT2D eigenvalue weighted by molar-refractivity contribution is 9.10. The Morgan fingerprint density at radius 1 is 1.22 bits per heavy atom. The Kier molecular flexibility index (Phi) is 10.0. The summed E-state index contributed by atoms with van der Waals surface area (Å²) in [6.07, 6.45) is 1.68. The summed E-state index contributed by atoms with van der Waals surface area (Å²) in [5, 5.41) is 15.0. The average molecular weight is 526 g/mol. The Bertz CT molecular complexity index is 850. The molecule has 0 fully saturated rings. The van der Waals surface area contributed by atoms with Crippen molar-refractivity contribution >= 4 is 39.5 Å². The van der Waals surface area contributed by atoms with Gasteiger partial charge in [0.25, 0.3) is 0 Å². The van der Waals surface area contributed by atoms with Gasteiger partial charge in [-0.25, -0.2) is 9.59 Å². The van der Waals surface area contributed by atoms with Crippen molar-refractivity contribution in [3.05, 3.63) is 56.7 Å². The quantitative estimate of drug-likeness (QED) is 0.344. The number of nitrogens with zero attached hydrogens (tertiary/aromatic N) is 1. The average Bonchev–Trinajstić information content (AvgIpc) is 3.22. The van der Waals surface area contributed by atoms with Crippen LogP contribution >= 0.6 is 27.3 Å². The SMILES string of the molecule is CCCC[C@@H](CC(c1cccs1)N(Cc1ccc(Br)cc1)C(=O)O)NC(=O)OC(C)(C)C. The molecule has 1 unspecified atom stereocenters. The third-order valence-electron chi connectivity index (χ3n) is 4.89. The highest BCUT2D eigenvalue weighted by Gasteiger charge is 2.30. The van der Waals surface area contributed by atoms with Gasteiger partial charge in [-0.3, -0.25) is 4.90 Å². The summed E-state index contributed by atoms with van der Waals surface area (Å²) in [5.41, 5.74) is 0.309. The molecule has 0 aliphatic carbocycles. The molecule has 0 saturated carbocycles. The molecule has 0 bridgehead atoms. The second kappa shape index (κ2) is 12.3. The van der Waals surface area contributed by atoms with E-state index in [-0.39, 0.29) is 18.6 Å². The van der Waals surface area contributed by atoms with Crippen LogP contribution in [-0.2, 0) is 11.3 Å². The lowest BCUT2D eigenvalue weighted by Crippen LogP contribution is -2.42. The Morgan fingerprint density at radius 3 is 2.44 bits per heavy atom. The number of thiophene rings is 1. The predicted molar refractivity (Wildman–Crippen MR) is 132 cm³/mol. The lowest BCUT2D eigenvalue weighted by Gasteiger charge is -2.32. The summed E-state index contributed by atoms with van der Waals surface area (Å²) in [6.45, 7) is 7.84. The minimum Gasteiger partial charge on any atom is -0.465 e. The Balaban J connectivity index is 2.27. The fourth-order valence-electron chi connectivity index (χ4n) is 3.42. The molecule has 32 heavy (non-hydrogen) atoms. The Hall–Kier alpha value is -2.06. The van der Waals surface area contributed by atoms with Crippen LogP contribution in [-0.4, -0.2) is 33.8 Å². The number of amides is 2. The van der Waals surface area contributed by atoms with Gasteiger partial charge in [-0.15, -0.1) is 11.3 Å². The van der Waals surface area contributed by atoms with E-state index in [4.69, 9.17) is 4.74 Å². The largest absolute Gasteiger partial charge is 0.465 e. The molecule has 2 amide bonds. The molecule has 6 nitrogen and oxygen atoms in total. The fraction of sp³-hybridized carbons (Fsp3) is 0.500. The zero-order valence-electron chi connectivity index (χ0n) is 19.1. The molecule has 2 aromatic rings. The van der Waals surface area contributed by atoms with E-state index in [1.807, 2.05) is 62.5 Å². The van der Waals surface area contributed by atoms with E-state index in [2.05, 4.69) is 28.2 Å². The molecule has 2 atom stereocenters. The normalized spacial score (nSPS) is 13.3. The molecule has 0 radical (unpaired) electrons. The summed E-state index contributed by atoms with van der Waals surface area (Å²) in [7, 11) is 0. The number of carbonyl (C=O) groups is 2. The number of halogens is 1. The number of ether oxygens (including phenoxy) is 1. The van der Waals surface area contributed by atoms with E-state index in [1.54, 1.807) is 0 Å². The molecular formula is C24H33BrN2O4S. The zero-order chi connectivity index (χ0) is 23.7. The summed E-state index contributed by atoms with van der Waals surface area (Å²) in [5.74, 6) is 0. The first-order valence-corrected chi connectivity index (χ1v) is 12.5. The third kappa shape index (κ3) is 8.82. The number of carboxylic acid groups (broad SMARTS) is 1. The van der Waals surface area contributed by atoms with Crippen LogP contribution in [0.15, 0.2) is 46.3 Å². The molecule has 1 aromatic carbocycles. The van der Waals surface area contributed by atoms with Gasteiger partial charge < -0.3 is 15.2 Å². The second-order valence-electron chi connectivity index (χ2n) is 8.79. The summed E-state index contributed by atoms with van der Waals surface area (Å²) < 4.78 is 6.40. The van der Waals surface area contributed by atoms with Gasteiger partial charge in [0.2, 0.25) is 0 Å². The number of benzene rings is 1. The number of hydrogen-bond acceptors (Lipinski definition) is 4.